The van der Waals surface area contributed by atoms with Crippen LogP contribution in [0.2, 0.25) is 0 Å². The Morgan fingerprint density at radius 1 is 1.39 bits per heavy atom. The predicted octanol–water partition coefficient (Wildman–Crippen LogP) is 2.23. The van der Waals surface area contributed by atoms with Gasteiger partial charge in [0.2, 0.25) is 0 Å². The fraction of sp³-hybridized carbons (Fsp3) is 0.333. The fourth-order valence-corrected chi connectivity index (χ4v) is 2.26. The summed E-state index contributed by atoms with van der Waals surface area (Å²) >= 11 is 1.66. The van der Waals surface area contributed by atoms with Gasteiger partial charge in [-0.2, -0.15) is 0 Å². The number of nitrogens with two attached hydrogens (primary N) is 1. The summed E-state index contributed by atoms with van der Waals surface area (Å²) in [5, 5.41) is 7.98. The minimum Gasteiger partial charge on any atom is -0.323 e. The molecule has 1 heterocycles. The molecule has 0 saturated heterocycles. The van der Waals surface area contributed by atoms with Gasteiger partial charge in [0.05, 0.1) is 18.4 Å². The van der Waals surface area contributed by atoms with Crippen LogP contribution in [0.25, 0.3) is 0 Å². The Morgan fingerprint density at radius 2 is 2.11 bits per heavy atom. The summed E-state index contributed by atoms with van der Waals surface area (Å²) in [5.74, 6) is 0.644. The van der Waals surface area contributed by atoms with E-state index in [2.05, 4.69) is 10.3 Å². The van der Waals surface area contributed by atoms with Gasteiger partial charge in [-0.15, -0.1) is 16.9 Å². The van der Waals surface area contributed by atoms with E-state index in [4.69, 9.17) is 5.73 Å². The van der Waals surface area contributed by atoms with Gasteiger partial charge in [0, 0.05) is 16.7 Å². The van der Waals surface area contributed by atoms with E-state index in [9.17, 15) is 4.39 Å². The molecule has 18 heavy (non-hydrogen) atoms. The van der Waals surface area contributed by atoms with E-state index < -0.39 is 0 Å². The first-order valence-corrected chi connectivity index (χ1v) is 6.67. The highest BCUT2D eigenvalue weighted by Crippen LogP contribution is 2.18. The largest absolute Gasteiger partial charge is 0.323 e. The van der Waals surface area contributed by atoms with Crippen molar-refractivity contribution in [3.8, 4) is 0 Å². The Hall–Kier alpha value is -1.40. The van der Waals surface area contributed by atoms with Gasteiger partial charge >= 0.3 is 0 Å². The molecule has 6 heteroatoms. The maximum absolute atomic E-state index is 12.7. The molecule has 4 nitrogen and oxygen atoms in total. The highest BCUT2D eigenvalue weighted by Gasteiger charge is 2.04. The molecule has 0 bridgehead atoms. The summed E-state index contributed by atoms with van der Waals surface area (Å²) in [6.07, 6.45) is 1.86. The zero-order valence-electron chi connectivity index (χ0n) is 10.1. The van der Waals surface area contributed by atoms with Gasteiger partial charge in [0.15, 0.2) is 0 Å². The van der Waals surface area contributed by atoms with E-state index in [0.29, 0.717) is 0 Å². The molecule has 0 fully saturated rings. The molecule has 0 aliphatic carbocycles. The first-order valence-electron chi connectivity index (χ1n) is 5.69. The molecule has 0 spiro atoms. The molecule has 1 aromatic carbocycles. The Morgan fingerprint density at radius 3 is 2.72 bits per heavy atom. The summed E-state index contributed by atoms with van der Waals surface area (Å²) in [4.78, 5) is 1.05. The average molecular weight is 266 g/mol. The van der Waals surface area contributed by atoms with E-state index in [1.807, 2.05) is 13.1 Å². The standard InChI is InChI=1S/C12H15FN4S/c1-9(14)12-8-17(16-15-12)6-7-18-11-4-2-10(13)3-5-11/h2-5,8-9H,6-7,14H2,1H3. The van der Waals surface area contributed by atoms with Crippen LogP contribution in [0.4, 0.5) is 4.39 Å². The molecule has 0 aliphatic heterocycles. The van der Waals surface area contributed by atoms with Crippen LogP contribution in [-0.2, 0) is 6.54 Å². The molecule has 0 aliphatic rings. The fourth-order valence-electron chi connectivity index (χ4n) is 1.42. The van der Waals surface area contributed by atoms with Crippen LogP contribution >= 0.6 is 11.8 Å². The van der Waals surface area contributed by atoms with Crippen molar-refractivity contribution in [3.63, 3.8) is 0 Å². The van der Waals surface area contributed by atoms with Crippen molar-refractivity contribution in [3.05, 3.63) is 42.0 Å². The van der Waals surface area contributed by atoms with E-state index >= 15 is 0 Å². The number of benzene rings is 1. The summed E-state index contributed by atoms with van der Waals surface area (Å²) in [6, 6.07) is 6.38. The number of rotatable bonds is 5. The predicted molar refractivity (Wildman–Crippen MR) is 69.7 cm³/mol. The minimum atomic E-state index is -0.211. The quantitative estimate of drug-likeness (QED) is 0.843. The molecule has 2 aromatic rings. The molecule has 2 rings (SSSR count). The van der Waals surface area contributed by atoms with Gasteiger partial charge in [-0.25, -0.2) is 4.39 Å². The smallest absolute Gasteiger partial charge is 0.123 e. The number of aromatic nitrogens is 3. The third-order valence-corrected chi connectivity index (χ3v) is 3.42. The summed E-state index contributed by atoms with van der Waals surface area (Å²) < 4.78 is 14.5. The third kappa shape index (κ3) is 3.54. The highest BCUT2D eigenvalue weighted by molar-refractivity contribution is 7.99. The van der Waals surface area contributed by atoms with Gasteiger partial charge in [-0.1, -0.05) is 5.21 Å². The van der Waals surface area contributed by atoms with Gasteiger partial charge in [0.25, 0.3) is 0 Å². The topological polar surface area (TPSA) is 56.7 Å². The molecule has 96 valence electrons. The van der Waals surface area contributed by atoms with Crippen LogP contribution in [0.15, 0.2) is 35.4 Å². The van der Waals surface area contributed by atoms with Crippen LogP contribution in [-0.4, -0.2) is 20.7 Å². The molecule has 1 atom stereocenters. The number of aryl methyl sites for hydroxylation is 1. The molecule has 0 amide bonds. The van der Waals surface area contributed by atoms with Crippen molar-refractivity contribution in [2.75, 3.05) is 5.75 Å². The van der Waals surface area contributed by atoms with Gasteiger partial charge in [-0.3, -0.25) is 4.68 Å². The Labute approximate surface area is 109 Å². The maximum atomic E-state index is 12.7. The maximum Gasteiger partial charge on any atom is 0.123 e. The number of halogens is 1. The van der Waals surface area contributed by atoms with Crippen molar-refractivity contribution in [1.29, 1.82) is 0 Å². The van der Waals surface area contributed by atoms with E-state index in [-0.39, 0.29) is 11.9 Å². The molecule has 2 N–H and O–H groups in total. The number of thioether (sulfide) groups is 1. The lowest BCUT2D eigenvalue weighted by atomic mass is 10.3. The van der Waals surface area contributed by atoms with Crippen LogP contribution in [0.3, 0.4) is 0 Å². The number of hydrogen-bond donors (Lipinski definition) is 1. The second-order valence-corrected chi connectivity index (χ2v) is 5.17. The molecular formula is C12H15FN4S. The van der Waals surface area contributed by atoms with Crippen LogP contribution in [0.1, 0.15) is 18.7 Å². The monoisotopic (exact) mass is 266 g/mol. The van der Waals surface area contributed by atoms with Crippen LogP contribution in [0.5, 0.6) is 0 Å². The van der Waals surface area contributed by atoms with Crippen LogP contribution in [0, 0.1) is 5.82 Å². The first-order chi connectivity index (χ1) is 8.65. The van der Waals surface area contributed by atoms with Gasteiger partial charge in [0.1, 0.15) is 5.82 Å². The minimum absolute atomic E-state index is 0.0940. The van der Waals surface area contributed by atoms with Crippen LogP contribution < -0.4 is 5.73 Å². The lowest BCUT2D eigenvalue weighted by Crippen LogP contribution is -2.05. The zero-order chi connectivity index (χ0) is 13.0. The summed E-state index contributed by atoms with van der Waals surface area (Å²) in [6.45, 7) is 2.63. The number of nitrogens with zero attached hydrogens (tertiary/aromatic N) is 3. The van der Waals surface area contributed by atoms with Crippen molar-refractivity contribution >= 4 is 11.8 Å². The zero-order valence-corrected chi connectivity index (χ0v) is 10.9. The van der Waals surface area contributed by atoms with Crippen molar-refractivity contribution in [2.24, 2.45) is 5.73 Å². The number of hydrogen-bond acceptors (Lipinski definition) is 4. The van der Waals surface area contributed by atoms with Gasteiger partial charge < -0.3 is 5.73 Å². The summed E-state index contributed by atoms with van der Waals surface area (Å²) in [5.41, 5.74) is 6.50. The molecular weight excluding hydrogens is 251 g/mol. The normalized spacial score (nSPS) is 12.6. The van der Waals surface area contributed by atoms with E-state index in [1.54, 1.807) is 28.6 Å². The third-order valence-electron chi connectivity index (χ3n) is 2.43. The van der Waals surface area contributed by atoms with Crippen molar-refractivity contribution in [2.45, 2.75) is 24.4 Å². The lowest BCUT2D eigenvalue weighted by molar-refractivity contribution is 0.626. The molecule has 0 radical (unpaired) electrons. The average Bonchev–Trinajstić information content (AvgIpc) is 2.81. The lowest BCUT2D eigenvalue weighted by Gasteiger charge is -2.01. The van der Waals surface area contributed by atoms with Crippen molar-refractivity contribution < 1.29 is 4.39 Å². The molecule has 0 saturated carbocycles. The Kier molecular flexibility index (Phi) is 4.33. The Bertz CT molecular complexity index is 495. The summed E-state index contributed by atoms with van der Waals surface area (Å²) in [7, 11) is 0. The second-order valence-electron chi connectivity index (χ2n) is 4.00. The molecule has 1 aromatic heterocycles. The first kappa shape index (κ1) is 13.0. The molecule has 1 unspecified atom stereocenters. The van der Waals surface area contributed by atoms with E-state index in [1.165, 1.54) is 12.1 Å². The SMILES string of the molecule is CC(N)c1cn(CCSc2ccc(F)cc2)nn1. The Balaban J connectivity index is 1.82. The van der Waals surface area contributed by atoms with Crippen molar-refractivity contribution in [1.82, 2.24) is 15.0 Å². The highest BCUT2D eigenvalue weighted by atomic mass is 32.2. The van der Waals surface area contributed by atoms with E-state index in [0.717, 1.165) is 22.9 Å². The van der Waals surface area contributed by atoms with Gasteiger partial charge in [-0.05, 0) is 31.2 Å². The second kappa shape index (κ2) is 5.97.